The highest BCUT2D eigenvalue weighted by atomic mass is 32.2. The summed E-state index contributed by atoms with van der Waals surface area (Å²) in [5.41, 5.74) is 2.44. The minimum atomic E-state index is -0.420. The Morgan fingerprint density at radius 3 is 2.74 bits per heavy atom. The van der Waals surface area contributed by atoms with Gasteiger partial charge in [0.25, 0.3) is 5.91 Å². The van der Waals surface area contributed by atoms with Gasteiger partial charge in [-0.2, -0.15) is 0 Å². The third-order valence-electron chi connectivity index (χ3n) is 5.41. The number of thiophene rings is 1. The first-order chi connectivity index (χ1) is 16.5. The fourth-order valence-electron chi connectivity index (χ4n) is 3.84. The number of rotatable bonds is 7. The predicted octanol–water partition coefficient (Wildman–Crippen LogP) is 5.20. The Balaban J connectivity index is 1.45. The number of nitrogens with zero attached hydrogens (tertiary/aromatic N) is 1. The van der Waals surface area contributed by atoms with Gasteiger partial charge in [0.05, 0.1) is 17.1 Å². The number of thiocarbonyl (C=S) groups is 1. The van der Waals surface area contributed by atoms with Crippen molar-refractivity contribution in [1.29, 1.82) is 0 Å². The Hall–Kier alpha value is -2.75. The molecule has 2 aliphatic rings. The zero-order valence-corrected chi connectivity index (χ0v) is 21.1. The molecule has 1 aliphatic heterocycles. The second kappa shape index (κ2) is 11.1. The number of benzene rings is 1. The second-order valence-electron chi connectivity index (χ2n) is 7.74. The van der Waals surface area contributed by atoms with E-state index in [0.29, 0.717) is 19.8 Å². The lowest BCUT2D eigenvalue weighted by Crippen LogP contribution is -2.36. The lowest BCUT2D eigenvalue weighted by atomic mass is 9.95. The van der Waals surface area contributed by atoms with Gasteiger partial charge in [-0.1, -0.05) is 66.5 Å². The number of hydrogen-bond acceptors (Lipinski definition) is 7. The van der Waals surface area contributed by atoms with Crippen LogP contribution in [0.2, 0.25) is 0 Å². The minimum Gasteiger partial charge on any atom is -0.462 e. The number of carbonyl (C=O) groups excluding carboxylic acids is 3. The molecule has 2 amide bonds. The van der Waals surface area contributed by atoms with Crippen molar-refractivity contribution < 1.29 is 19.1 Å². The first-order valence-corrected chi connectivity index (χ1v) is 13.1. The zero-order chi connectivity index (χ0) is 24.1. The van der Waals surface area contributed by atoms with Crippen LogP contribution in [0.25, 0.3) is 6.08 Å². The smallest absolute Gasteiger partial charge is 0.341 e. The molecule has 0 atom stereocenters. The fourth-order valence-corrected chi connectivity index (χ4v) is 6.34. The van der Waals surface area contributed by atoms with Crippen LogP contribution in [0.1, 0.15) is 46.1 Å². The Labute approximate surface area is 212 Å². The normalized spacial score (nSPS) is 16.9. The van der Waals surface area contributed by atoms with Crippen molar-refractivity contribution in [3.05, 3.63) is 69.0 Å². The molecule has 1 aromatic heterocycles. The number of anilines is 1. The summed E-state index contributed by atoms with van der Waals surface area (Å²) in [6.07, 6.45) is 9.15. The highest BCUT2D eigenvalue weighted by Gasteiger charge is 2.34. The van der Waals surface area contributed by atoms with E-state index in [-0.39, 0.29) is 19.1 Å². The molecular formula is C25H24N2O4S3. The summed E-state index contributed by atoms with van der Waals surface area (Å²) in [7, 11) is 0. The number of aryl methyl sites for hydroxylation is 1. The van der Waals surface area contributed by atoms with Gasteiger partial charge in [-0.05, 0) is 49.8 Å². The summed E-state index contributed by atoms with van der Waals surface area (Å²) >= 11 is 7.93. The van der Waals surface area contributed by atoms with E-state index in [4.69, 9.17) is 17.0 Å². The molecule has 0 spiro atoms. The molecule has 1 N–H and O–H groups in total. The molecule has 1 saturated heterocycles. The topological polar surface area (TPSA) is 75.7 Å². The molecule has 0 bridgehead atoms. The van der Waals surface area contributed by atoms with Crippen LogP contribution in [0, 0.1) is 0 Å². The summed E-state index contributed by atoms with van der Waals surface area (Å²) in [6.45, 7) is 1.81. The number of fused-ring (bicyclic) bond motifs is 1. The van der Waals surface area contributed by atoms with Gasteiger partial charge in [-0.3, -0.25) is 14.5 Å². The van der Waals surface area contributed by atoms with Crippen LogP contribution in [-0.4, -0.2) is 40.2 Å². The minimum absolute atomic E-state index is 0.213. The maximum absolute atomic E-state index is 12.9. The summed E-state index contributed by atoms with van der Waals surface area (Å²) in [6, 6.07) is 9.75. The van der Waals surface area contributed by atoms with E-state index in [9.17, 15) is 14.4 Å². The second-order valence-corrected chi connectivity index (χ2v) is 10.5. The van der Waals surface area contributed by atoms with Gasteiger partial charge in [0, 0.05) is 4.88 Å². The molecule has 1 fully saturated rings. The number of allylic oxidation sites excluding steroid dienone is 2. The van der Waals surface area contributed by atoms with Gasteiger partial charge in [-0.15, -0.1) is 11.3 Å². The van der Waals surface area contributed by atoms with E-state index in [1.807, 2.05) is 36.4 Å². The van der Waals surface area contributed by atoms with Gasteiger partial charge < -0.3 is 10.1 Å². The standard InChI is InChI=1S/C25H24N2O4S3/c1-2-31-24(30)21-17-12-6-7-13-18(17)33-22(21)26-20(28)15-27-23(29)19(34-25(27)32)14-8-11-16-9-4-3-5-10-16/h3-5,8-11,14H,2,6-7,12-13,15H2,1H3,(H,26,28)/b11-8+,19-14-. The average Bonchev–Trinajstić information content (AvgIpc) is 3.31. The summed E-state index contributed by atoms with van der Waals surface area (Å²) < 4.78 is 5.57. The molecule has 0 saturated carbocycles. The fraction of sp³-hybridized carbons (Fsp3) is 0.280. The number of thioether (sulfide) groups is 1. The monoisotopic (exact) mass is 512 g/mol. The summed E-state index contributed by atoms with van der Waals surface area (Å²) in [5.74, 6) is -1.13. The number of amides is 2. The maximum Gasteiger partial charge on any atom is 0.341 e. The Bertz CT molecular complexity index is 1180. The van der Waals surface area contributed by atoms with Crippen molar-refractivity contribution in [2.45, 2.75) is 32.6 Å². The molecule has 0 unspecified atom stereocenters. The van der Waals surface area contributed by atoms with Crippen molar-refractivity contribution in [1.82, 2.24) is 4.90 Å². The number of hydrogen-bond donors (Lipinski definition) is 1. The molecule has 6 nitrogen and oxygen atoms in total. The largest absolute Gasteiger partial charge is 0.462 e. The highest BCUT2D eigenvalue weighted by Crippen LogP contribution is 2.39. The highest BCUT2D eigenvalue weighted by molar-refractivity contribution is 8.26. The van der Waals surface area contributed by atoms with Crippen molar-refractivity contribution >= 4 is 68.5 Å². The summed E-state index contributed by atoms with van der Waals surface area (Å²) in [5, 5.41) is 3.33. The first-order valence-electron chi connectivity index (χ1n) is 11.1. The van der Waals surface area contributed by atoms with E-state index in [0.717, 1.165) is 41.7 Å². The lowest BCUT2D eigenvalue weighted by molar-refractivity contribution is -0.126. The SMILES string of the molecule is CCOC(=O)c1c(NC(=O)CN2C(=O)/C(=C/C=C/c3ccccc3)SC2=S)sc2c1CCCC2. The van der Waals surface area contributed by atoms with E-state index in [1.165, 1.54) is 28.0 Å². The van der Waals surface area contributed by atoms with E-state index >= 15 is 0 Å². The molecule has 0 radical (unpaired) electrons. The first kappa shape index (κ1) is 24.4. The number of nitrogens with one attached hydrogen (secondary N) is 1. The molecule has 4 rings (SSSR count). The van der Waals surface area contributed by atoms with E-state index in [1.54, 1.807) is 19.1 Å². The van der Waals surface area contributed by atoms with Crippen molar-refractivity contribution in [3.63, 3.8) is 0 Å². The Morgan fingerprint density at radius 2 is 1.97 bits per heavy atom. The van der Waals surface area contributed by atoms with Crippen molar-refractivity contribution in [2.75, 3.05) is 18.5 Å². The molecule has 34 heavy (non-hydrogen) atoms. The van der Waals surface area contributed by atoms with Gasteiger partial charge in [0.2, 0.25) is 5.91 Å². The van der Waals surface area contributed by atoms with Crippen LogP contribution >= 0.6 is 35.3 Å². The average molecular weight is 513 g/mol. The molecular weight excluding hydrogens is 488 g/mol. The van der Waals surface area contributed by atoms with E-state index in [2.05, 4.69) is 5.32 Å². The van der Waals surface area contributed by atoms with Crippen LogP contribution in [0.5, 0.6) is 0 Å². The van der Waals surface area contributed by atoms with Gasteiger partial charge >= 0.3 is 5.97 Å². The van der Waals surface area contributed by atoms with Crippen LogP contribution in [0.15, 0.2) is 47.4 Å². The molecule has 176 valence electrons. The van der Waals surface area contributed by atoms with Crippen LogP contribution < -0.4 is 5.32 Å². The van der Waals surface area contributed by atoms with Crippen LogP contribution in [0.3, 0.4) is 0 Å². The number of ether oxygens (including phenoxy) is 1. The quantitative estimate of drug-likeness (QED) is 0.312. The number of esters is 1. The van der Waals surface area contributed by atoms with Crippen LogP contribution in [-0.2, 0) is 27.2 Å². The Kier molecular flexibility index (Phi) is 7.97. The molecule has 9 heteroatoms. The number of carbonyl (C=O) groups is 3. The van der Waals surface area contributed by atoms with Crippen LogP contribution in [0.4, 0.5) is 5.00 Å². The van der Waals surface area contributed by atoms with E-state index < -0.39 is 11.9 Å². The van der Waals surface area contributed by atoms with Gasteiger partial charge in [-0.25, -0.2) is 4.79 Å². The molecule has 2 heterocycles. The predicted molar refractivity (Wildman–Crippen MR) is 141 cm³/mol. The third-order valence-corrected chi connectivity index (χ3v) is 8.02. The van der Waals surface area contributed by atoms with Gasteiger partial charge in [0.15, 0.2) is 0 Å². The lowest BCUT2D eigenvalue weighted by Gasteiger charge is -2.14. The summed E-state index contributed by atoms with van der Waals surface area (Å²) in [4.78, 5) is 41.2. The maximum atomic E-state index is 12.9. The van der Waals surface area contributed by atoms with Crippen molar-refractivity contribution in [3.8, 4) is 0 Å². The third kappa shape index (κ3) is 5.48. The molecule has 2 aromatic rings. The van der Waals surface area contributed by atoms with Crippen molar-refractivity contribution in [2.24, 2.45) is 0 Å². The molecule has 1 aliphatic carbocycles. The van der Waals surface area contributed by atoms with Gasteiger partial charge in [0.1, 0.15) is 15.9 Å². The zero-order valence-electron chi connectivity index (χ0n) is 18.7. The molecule has 1 aromatic carbocycles. The Morgan fingerprint density at radius 1 is 1.21 bits per heavy atom.